The molecular formula is C17H17BrFN. The van der Waals surface area contributed by atoms with Crippen molar-refractivity contribution in [1.29, 1.82) is 0 Å². The molecule has 3 rings (SSSR count). The fraction of sp³-hybridized carbons (Fsp3) is 0.294. The standard InChI is InChI=1S/C17H17BrFN/c1-11-4-2-5-12(8-11)13-9-14(10-13)20-17-15(18)6-3-7-16(17)19/h2-8,13-14,20H,9-10H2,1H3. The van der Waals surface area contributed by atoms with Gasteiger partial charge in [-0.05, 0) is 59.3 Å². The van der Waals surface area contributed by atoms with E-state index >= 15 is 0 Å². The van der Waals surface area contributed by atoms with Crippen LogP contribution < -0.4 is 5.32 Å². The molecule has 0 aromatic heterocycles. The minimum absolute atomic E-state index is 0.196. The predicted molar refractivity (Wildman–Crippen MR) is 84.7 cm³/mol. The molecule has 1 aliphatic carbocycles. The Hall–Kier alpha value is -1.35. The molecule has 1 aliphatic rings. The van der Waals surface area contributed by atoms with Crippen molar-refractivity contribution in [3.63, 3.8) is 0 Å². The number of aryl methyl sites for hydroxylation is 1. The Morgan fingerprint density at radius 2 is 1.90 bits per heavy atom. The van der Waals surface area contributed by atoms with Crippen molar-refractivity contribution in [2.75, 3.05) is 5.32 Å². The van der Waals surface area contributed by atoms with Gasteiger partial charge in [-0.25, -0.2) is 4.39 Å². The van der Waals surface area contributed by atoms with Crippen LogP contribution in [-0.2, 0) is 0 Å². The summed E-state index contributed by atoms with van der Waals surface area (Å²) in [6, 6.07) is 14.1. The molecule has 1 nitrogen and oxygen atoms in total. The maximum atomic E-state index is 13.8. The number of rotatable bonds is 3. The summed E-state index contributed by atoms with van der Waals surface area (Å²) >= 11 is 3.40. The van der Waals surface area contributed by atoms with Gasteiger partial charge in [0.15, 0.2) is 0 Å². The predicted octanol–water partition coefficient (Wildman–Crippen LogP) is 5.25. The van der Waals surface area contributed by atoms with Gasteiger partial charge in [-0.1, -0.05) is 35.9 Å². The topological polar surface area (TPSA) is 12.0 Å². The Kier molecular flexibility index (Phi) is 3.79. The third-order valence-corrected chi connectivity index (χ3v) is 4.62. The van der Waals surface area contributed by atoms with Gasteiger partial charge < -0.3 is 5.32 Å². The van der Waals surface area contributed by atoms with Crippen LogP contribution in [0.2, 0.25) is 0 Å². The normalized spacial score (nSPS) is 21.4. The molecule has 1 N–H and O–H groups in total. The van der Waals surface area contributed by atoms with Crippen LogP contribution in [0.4, 0.5) is 10.1 Å². The van der Waals surface area contributed by atoms with Crippen LogP contribution in [0.25, 0.3) is 0 Å². The summed E-state index contributed by atoms with van der Waals surface area (Å²) in [6.07, 6.45) is 2.12. The third-order valence-electron chi connectivity index (χ3n) is 3.96. The van der Waals surface area contributed by atoms with Crippen molar-refractivity contribution >= 4 is 21.6 Å². The van der Waals surface area contributed by atoms with Crippen LogP contribution in [0.15, 0.2) is 46.9 Å². The van der Waals surface area contributed by atoms with E-state index in [0.717, 1.165) is 17.3 Å². The van der Waals surface area contributed by atoms with E-state index in [9.17, 15) is 4.39 Å². The van der Waals surface area contributed by atoms with Crippen molar-refractivity contribution < 1.29 is 4.39 Å². The smallest absolute Gasteiger partial charge is 0.147 e. The Bertz CT molecular complexity index is 600. The second-order valence-corrected chi connectivity index (χ2v) is 6.37. The van der Waals surface area contributed by atoms with Crippen LogP contribution in [0.3, 0.4) is 0 Å². The molecule has 0 atom stereocenters. The van der Waals surface area contributed by atoms with E-state index in [1.54, 1.807) is 6.07 Å². The van der Waals surface area contributed by atoms with Crippen molar-refractivity contribution in [3.05, 3.63) is 63.9 Å². The fourth-order valence-electron chi connectivity index (χ4n) is 2.77. The highest BCUT2D eigenvalue weighted by Gasteiger charge is 2.31. The first-order chi connectivity index (χ1) is 9.63. The summed E-state index contributed by atoms with van der Waals surface area (Å²) in [5.41, 5.74) is 3.28. The molecule has 0 aliphatic heterocycles. The third kappa shape index (κ3) is 2.73. The van der Waals surface area contributed by atoms with Gasteiger partial charge in [-0.2, -0.15) is 0 Å². The summed E-state index contributed by atoms with van der Waals surface area (Å²) < 4.78 is 14.5. The lowest BCUT2D eigenvalue weighted by Gasteiger charge is -2.37. The first-order valence-corrected chi connectivity index (χ1v) is 7.70. The Morgan fingerprint density at radius 3 is 2.60 bits per heavy atom. The summed E-state index contributed by atoms with van der Waals surface area (Å²) in [7, 11) is 0. The van der Waals surface area contributed by atoms with Gasteiger partial charge in [-0.15, -0.1) is 0 Å². The largest absolute Gasteiger partial charge is 0.379 e. The number of benzene rings is 2. The summed E-state index contributed by atoms with van der Waals surface area (Å²) in [5.74, 6) is 0.399. The van der Waals surface area contributed by atoms with E-state index in [1.807, 2.05) is 6.07 Å². The molecule has 0 heterocycles. The minimum atomic E-state index is -0.196. The van der Waals surface area contributed by atoms with Gasteiger partial charge in [0.2, 0.25) is 0 Å². The van der Waals surface area contributed by atoms with Gasteiger partial charge >= 0.3 is 0 Å². The monoisotopic (exact) mass is 333 g/mol. The maximum Gasteiger partial charge on any atom is 0.147 e. The van der Waals surface area contributed by atoms with Gasteiger partial charge in [0.25, 0.3) is 0 Å². The molecule has 20 heavy (non-hydrogen) atoms. The molecule has 1 fully saturated rings. The molecule has 0 saturated heterocycles. The molecule has 0 spiro atoms. The number of nitrogens with one attached hydrogen (secondary N) is 1. The van der Waals surface area contributed by atoms with Gasteiger partial charge in [-0.3, -0.25) is 0 Å². The highest BCUT2D eigenvalue weighted by molar-refractivity contribution is 9.10. The SMILES string of the molecule is Cc1cccc(C2CC(Nc3c(F)cccc3Br)C2)c1. The van der Waals surface area contributed by atoms with Crippen LogP contribution in [-0.4, -0.2) is 6.04 Å². The Labute approximate surface area is 127 Å². The molecule has 0 unspecified atom stereocenters. The van der Waals surface area contributed by atoms with E-state index in [0.29, 0.717) is 17.6 Å². The number of hydrogen-bond acceptors (Lipinski definition) is 1. The highest BCUT2D eigenvalue weighted by Crippen LogP contribution is 2.40. The number of para-hydroxylation sites is 1. The average Bonchev–Trinajstić information content (AvgIpc) is 2.36. The molecule has 0 radical (unpaired) electrons. The molecular weight excluding hydrogens is 317 g/mol. The van der Waals surface area contributed by atoms with Gasteiger partial charge in [0, 0.05) is 10.5 Å². The Morgan fingerprint density at radius 1 is 1.15 bits per heavy atom. The second kappa shape index (κ2) is 5.57. The zero-order chi connectivity index (χ0) is 14.1. The zero-order valence-corrected chi connectivity index (χ0v) is 13.0. The zero-order valence-electron chi connectivity index (χ0n) is 11.4. The average molecular weight is 334 g/mol. The summed E-state index contributed by atoms with van der Waals surface area (Å²) in [5, 5.41) is 3.31. The first kappa shape index (κ1) is 13.6. The van der Waals surface area contributed by atoms with E-state index < -0.39 is 0 Å². The summed E-state index contributed by atoms with van der Waals surface area (Å²) in [6.45, 7) is 2.12. The lowest BCUT2D eigenvalue weighted by atomic mass is 9.75. The molecule has 104 valence electrons. The molecule has 3 heteroatoms. The van der Waals surface area contributed by atoms with Crippen LogP contribution in [0, 0.1) is 12.7 Å². The Balaban J connectivity index is 1.64. The van der Waals surface area contributed by atoms with Gasteiger partial charge in [0.05, 0.1) is 5.69 Å². The lowest BCUT2D eigenvalue weighted by molar-refractivity contribution is 0.372. The lowest BCUT2D eigenvalue weighted by Crippen LogP contribution is -2.34. The maximum absolute atomic E-state index is 13.8. The van der Waals surface area contributed by atoms with Crippen molar-refractivity contribution in [1.82, 2.24) is 0 Å². The van der Waals surface area contributed by atoms with Crippen molar-refractivity contribution in [2.24, 2.45) is 0 Å². The first-order valence-electron chi connectivity index (χ1n) is 6.90. The molecule has 2 aromatic carbocycles. The second-order valence-electron chi connectivity index (χ2n) is 5.52. The van der Waals surface area contributed by atoms with E-state index in [1.165, 1.54) is 17.2 Å². The fourth-order valence-corrected chi connectivity index (χ4v) is 3.23. The summed E-state index contributed by atoms with van der Waals surface area (Å²) in [4.78, 5) is 0. The number of anilines is 1. The van der Waals surface area contributed by atoms with E-state index in [-0.39, 0.29) is 5.82 Å². The molecule has 0 bridgehead atoms. The van der Waals surface area contributed by atoms with Crippen molar-refractivity contribution in [3.8, 4) is 0 Å². The molecule has 2 aromatic rings. The van der Waals surface area contributed by atoms with E-state index in [4.69, 9.17) is 0 Å². The van der Waals surface area contributed by atoms with Crippen LogP contribution >= 0.6 is 15.9 Å². The van der Waals surface area contributed by atoms with Gasteiger partial charge in [0.1, 0.15) is 5.82 Å². The minimum Gasteiger partial charge on any atom is -0.379 e. The van der Waals surface area contributed by atoms with E-state index in [2.05, 4.69) is 52.4 Å². The number of hydrogen-bond donors (Lipinski definition) is 1. The van der Waals surface area contributed by atoms with Crippen LogP contribution in [0.1, 0.15) is 29.9 Å². The number of halogens is 2. The molecule has 1 saturated carbocycles. The van der Waals surface area contributed by atoms with Crippen LogP contribution in [0.5, 0.6) is 0 Å². The van der Waals surface area contributed by atoms with Crippen molar-refractivity contribution in [2.45, 2.75) is 31.7 Å². The molecule has 0 amide bonds. The quantitative estimate of drug-likeness (QED) is 0.808. The highest BCUT2D eigenvalue weighted by atomic mass is 79.9.